The van der Waals surface area contributed by atoms with Crippen molar-refractivity contribution in [3.63, 3.8) is 0 Å². The summed E-state index contributed by atoms with van der Waals surface area (Å²) in [5.41, 5.74) is 1.79. The Bertz CT molecular complexity index is 840. The van der Waals surface area contributed by atoms with Gasteiger partial charge in [-0.25, -0.2) is 4.39 Å². The van der Waals surface area contributed by atoms with Gasteiger partial charge in [0.15, 0.2) is 5.01 Å². The Labute approximate surface area is 149 Å². The van der Waals surface area contributed by atoms with Crippen LogP contribution in [0.5, 0.6) is 0 Å². The standard InChI is InChI=1S/C18H17FN4OS/c1-12-10-23(11-16(24-12)13-5-7-14(19)8-6-13)18-22-21-17(25-18)15-4-2-3-9-20-15/h2-9,12,16H,10-11H2,1H3/t12-,16-/m1/s1. The van der Waals surface area contributed by atoms with Crippen LogP contribution in [0, 0.1) is 5.82 Å². The zero-order valence-electron chi connectivity index (χ0n) is 13.7. The fraction of sp³-hybridized carbons (Fsp3) is 0.278. The quantitative estimate of drug-likeness (QED) is 0.716. The van der Waals surface area contributed by atoms with Gasteiger partial charge in [0.1, 0.15) is 17.6 Å². The maximum absolute atomic E-state index is 13.2. The highest BCUT2D eigenvalue weighted by Crippen LogP contribution is 2.32. The van der Waals surface area contributed by atoms with E-state index in [-0.39, 0.29) is 18.0 Å². The van der Waals surface area contributed by atoms with Gasteiger partial charge in [-0.1, -0.05) is 29.5 Å². The molecule has 1 aromatic carbocycles. The first kappa shape index (κ1) is 16.1. The van der Waals surface area contributed by atoms with Gasteiger partial charge < -0.3 is 9.64 Å². The number of nitrogens with zero attached hydrogens (tertiary/aromatic N) is 4. The average Bonchev–Trinajstić information content (AvgIpc) is 3.13. The van der Waals surface area contributed by atoms with Gasteiger partial charge in [-0.3, -0.25) is 4.98 Å². The number of aromatic nitrogens is 3. The molecule has 0 amide bonds. The van der Waals surface area contributed by atoms with E-state index in [9.17, 15) is 4.39 Å². The minimum Gasteiger partial charge on any atom is -0.367 e. The van der Waals surface area contributed by atoms with Crippen LogP contribution in [0.1, 0.15) is 18.6 Å². The van der Waals surface area contributed by atoms with Crippen molar-refractivity contribution in [1.29, 1.82) is 0 Å². The first-order chi connectivity index (χ1) is 12.2. The normalized spacial score (nSPS) is 20.6. The molecule has 1 aliphatic rings. The lowest BCUT2D eigenvalue weighted by atomic mass is 10.1. The van der Waals surface area contributed by atoms with Gasteiger partial charge >= 0.3 is 0 Å². The van der Waals surface area contributed by atoms with E-state index < -0.39 is 0 Å². The highest BCUT2D eigenvalue weighted by atomic mass is 32.1. The lowest BCUT2D eigenvalue weighted by Crippen LogP contribution is -2.42. The number of hydrogen-bond donors (Lipinski definition) is 0. The van der Waals surface area contributed by atoms with Crippen LogP contribution >= 0.6 is 11.3 Å². The van der Waals surface area contributed by atoms with E-state index in [2.05, 4.69) is 20.1 Å². The number of rotatable bonds is 3. The molecule has 0 spiro atoms. The number of morpholine rings is 1. The van der Waals surface area contributed by atoms with Crippen molar-refractivity contribution in [2.75, 3.05) is 18.0 Å². The second kappa shape index (κ2) is 6.85. The molecule has 1 fully saturated rings. The summed E-state index contributed by atoms with van der Waals surface area (Å²) in [6, 6.07) is 12.2. The van der Waals surface area contributed by atoms with Gasteiger partial charge in [-0.2, -0.15) is 0 Å². The number of ether oxygens (including phenoxy) is 1. The smallest absolute Gasteiger partial charge is 0.208 e. The Morgan fingerprint density at radius 3 is 2.72 bits per heavy atom. The number of halogens is 1. The molecular formula is C18H17FN4OS. The second-order valence-electron chi connectivity index (χ2n) is 6.00. The first-order valence-electron chi connectivity index (χ1n) is 8.10. The number of benzene rings is 1. The van der Waals surface area contributed by atoms with Crippen LogP contribution in [0.15, 0.2) is 48.7 Å². The van der Waals surface area contributed by atoms with E-state index in [1.54, 1.807) is 18.3 Å². The number of anilines is 1. The van der Waals surface area contributed by atoms with Crippen molar-refractivity contribution in [3.8, 4) is 10.7 Å². The van der Waals surface area contributed by atoms with Gasteiger partial charge in [0.25, 0.3) is 0 Å². The van der Waals surface area contributed by atoms with E-state index in [4.69, 9.17) is 4.74 Å². The Balaban J connectivity index is 1.56. The molecule has 1 aliphatic heterocycles. The number of pyridine rings is 1. The topological polar surface area (TPSA) is 51.1 Å². The van der Waals surface area contributed by atoms with E-state index in [1.807, 2.05) is 25.1 Å². The van der Waals surface area contributed by atoms with Crippen LogP contribution in [-0.4, -0.2) is 34.4 Å². The Morgan fingerprint density at radius 1 is 1.12 bits per heavy atom. The molecular weight excluding hydrogens is 339 g/mol. The highest BCUT2D eigenvalue weighted by molar-refractivity contribution is 7.18. The molecule has 128 valence electrons. The summed E-state index contributed by atoms with van der Waals surface area (Å²) in [4.78, 5) is 6.50. The van der Waals surface area contributed by atoms with Crippen LogP contribution in [0.25, 0.3) is 10.7 Å². The lowest BCUT2D eigenvalue weighted by Gasteiger charge is -2.36. The lowest BCUT2D eigenvalue weighted by molar-refractivity contribution is -0.0174. The fourth-order valence-electron chi connectivity index (χ4n) is 2.91. The monoisotopic (exact) mass is 356 g/mol. The summed E-state index contributed by atoms with van der Waals surface area (Å²) in [5.74, 6) is -0.242. The summed E-state index contributed by atoms with van der Waals surface area (Å²) < 4.78 is 19.2. The van der Waals surface area contributed by atoms with Crippen LogP contribution in [-0.2, 0) is 4.74 Å². The van der Waals surface area contributed by atoms with Crippen molar-refractivity contribution < 1.29 is 9.13 Å². The molecule has 2 aromatic heterocycles. The summed E-state index contributed by atoms with van der Waals surface area (Å²) in [6.07, 6.45) is 1.68. The van der Waals surface area contributed by atoms with Crippen LogP contribution < -0.4 is 4.90 Å². The molecule has 0 bridgehead atoms. The summed E-state index contributed by atoms with van der Waals surface area (Å²) in [6.45, 7) is 3.44. The van der Waals surface area contributed by atoms with E-state index in [0.29, 0.717) is 6.54 Å². The molecule has 0 radical (unpaired) electrons. The van der Waals surface area contributed by atoms with Crippen molar-refractivity contribution in [2.24, 2.45) is 0 Å². The zero-order valence-corrected chi connectivity index (χ0v) is 14.5. The third-order valence-corrected chi connectivity index (χ3v) is 5.08. The SMILES string of the molecule is C[C@@H]1CN(c2nnc(-c3ccccn3)s2)C[C@H](c2ccc(F)cc2)O1. The van der Waals surface area contributed by atoms with E-state index in [0.717, 1.165) is 27.9 Å². The van der Waals surface area contributed by atoms with Crippen LogP contribution in [0.4, 0.5) is 9.52 Å². The minimum atomic E-state index is -0.242. The summed E-state index contributed by atoms with van der Waals surface area (Å²) in [5, 5.41) is 10.3. The van der Waals surface area contributed by atoms with Gasteiger partial charge in [-0.05, 0) is 36.8 Å². The molecule has 4 rings (SSSR count). The van der Waals surface area contributed by atoms with Crippen LogP contribution in [0.2, 0.25) is 0 Å². The molecule has 1 saturated heterocycles. The molecule has 2 atom stereocenters. The molecule has 0 aliphatic carbocycles. The zero-order chi connectivity index (χ0) is 17.2. The molecule has 3 aromatic rings. The minimum absolute atomic E-state index is 0.0472. The molecule has 0 unspecified atom stereocenters. The molecule has 25 heavy (non-hydrogen) atoms. The predicted octanol–water partition coefficient (Wildman–Crippen LogP) is 3.71. The third-order valence-electron chi connectivity index (χ3n) is 4.07. The largest absolute Gasteiger partial charge is 0.367 e. The van der Waals surface area contributed by atoms with Gasteiger partial charge in [0, 0.05) is 12.7 Å². The summed E-state index contributed by atoms with van der Waals surface area (Å²) in [7, 11) is 0. The Kier molecular flexibility index (Phi) is 4.42. The third kappa shape index (κ3) is 3.52. The maximum Gasteiger partial charge on any atom is 0.208 e. The molecule has 7 heteroatoms. The molecule has 0 N–H and O–H groups in total. The van der Waals surface area contributed by atoms with Crippen LogP contribution in [0.3, 0.4) is 0 Å². The first-order valence-corrected chi connectivity index (χ1v) is 8.91. The molecule has 3 heterocycles. The average molecular weight is 356 g/mol. The molecule has 0 saturated carbocycles. The van der Waals surface area contributed by atoms with Gasteiger partial charge in [-0.15, -0.1) is 10.2 Å². The number of hydrogen-bond acceptors (Lipinski definition) is 6. The predicted molar refractivity (Wildman–Crippen MR) is 95.0 cm³/mol. The fourth-order valence-corrected chi connectivity index (χ4v) is 3.74. The highest BCUT2D eigenvalue weighted by Gasteiger charge is 2.28. The summed E-state index contributed by atoms with van der Waals surface area (Å²) >= 11 is 1.52. The van der Waals surface area contributed by atoms with Crippen molar-refractivity contribution >= 4 is 16.5 Å². The molecule has 5 nitrogen and oxygen atoms in total. The Hall–Kier alpha value is -2.38. The van der Waals surface area contributed by atoms with E-state index >= 15 is 0 Å². The van der Waals surface area contributed by atoms with Crippen molar-refractivity contribution in [2.45, 2.75) is 19.1 Å². The second-order valence-corrected chi connectivity index (χ2v) is 6.95. The Morgan fingerprint density at radius 2 is 1.96 bits per heavy atom. The van der Waals surface area contributed by atoms with E-state index in [1.165, 1.54) is 23.5 Å². The van der Waals surface area contributed by atoms with Crippen molar-refractivity contribution in [1.82, 2.24) is 15.2 Å². The maximum atomic E-state index is 13.2. The van der Waals surface area contributed by atoms with Gasteiger partial charge in [0.05, 0.1) is 12.6 Å². The van der Waals surface area contributed by atoms with Crippen molar-refractivity contribution in [3.05, 3.63) is 60.0 Å². The van der Waals surface area contributed by atoms with Gasteiger partial charge in [0.2, 0.25) is 5.13 Å².